The number of halogens is 2. The molecule has 1 aromatic carbocycles. The van der Waals surface area contributed by atoms with Gasteiger partial charge < -0.3 is 24.8 Å². The maximum atomic E-state index is 12.6. The summed E-state index contributed by atoms with van der Waals surface area (Å²) in [5.74, 6) is -1.24. The van der Waals surface area contributed by atoms with Crippen LogP contribution in [-0.4, -0.2) is 75.5 Å². The van der Waals surface area contributed by atoms with Crippen LogP contribution in [0.3, 0.4) is 0 Å². The number of benzene rings is 1. The van der Waals surface area contributed by atoms with Gasteiger partial charge in [0.2, 0.25) is 5.91 Å². The molecule has 1 aromatic heterocycles. The van der Waals surface area contributed by atoms with Crippen molar-refractivity contribution in [3.05, 3.63) is 27.3 Å². The van der Waals surface area contributed by atoms with E-state index < -0.39 is 29.6 Å². The zero-order valence-corrected chi connectivity index (χ0v) is 25.6. The number of aromatic nitrogens is 2. The molecule has 2 aromatic rings. The molecule has 40 heavy (non-hydrogen) atoms. The SMILES string of the molecule is CC(C)(C)OC(=O)N1CCC[C@@H](C(O)C(=O)NCC(=O)CCc2c(Cl)cc3c(cnn3C3CCCCO3)c2Br)C1. The topological polar surface area (TPSA) is 123 Å². The lowest BCUT2D eigenvalue weighted by atomic mass is 9.92. The summed E-state index contributed by atoms with van der Waals surface area (Å²) in [6, 6.07) is 1.86. The predicted octanol–water partition coefficient (Wildman–Crippen LogP) is 4.78. The van der Waals surface area contributed by atoms with Gasteiger partial charge in [-0.15, -0.1) is 0 Å². The van der Waals surface area contributed by atoms with Gasteiger partial charge in [-0.1, -0.05) is 11.6 Å². The van der Waals surface area contributed by atoms with E-state index in [4.69, 9.17) is 21.1 Å². The number of amides is 2. The molecule has 3 heterocycles. The molecule has 12 heteroatoms. The van der Waals surface area contributed by atoms with Crippen molar-refractivity contribution in [3.63, 3.8) is 0 Å². The number of rotatable bonds is 8. The average molecular weight is 642 g/mol. The molecule has 2 aliphatic heterocycles. The number of likely N-dealkylation sites (tertiary alicyclic amines) is 1. The van der Waals surface area contributed by atoms with Crippen LogP contribution >= 0.6 is 27.5 Å². The highest BCUT2D eigenvalue weighted by molar-refractivity contribution is 9.10. The van der Waals surface area contributed by atoms with E-state index in [9.17, 15) is 19.5 Å². The fourth-order valence-electron chi connectivity index (χ4n) is 5.15. The minimum atomic E-state index is -1.33. The van der Waals surface area contributed by atoms with Crippen molar-refractivity contribution < 1.29 is 29.0 Å². The predicted molar refractivity (Wildman–Crippen MR) is 154 cm³/mol. The van der Waals surface area contributed by atoms with Crippen LogP contribution in [0.4, 0.5) is 4.79 Å². The summed E-state index contributed by atoms with van der Waals surface area (Å²) in [5.41, 5.74) is 1.04. The quantitative estimate of drug-likeness (QED) is 0.426. The van der Waals surface area contributed by atoms with Gasteiger partial charge in [0, 0.05) is 46.9 Å². The van der Waals surface area contributed by atoms with Crippen molar-refractivity contribution in [2.75, 3.05) is 26.2 Å². The molecule has 0 saturated carbocycles. The Labute approximate surface area is 247 Å². The van der Waals surface area contributed by atoms with E-state index in [0.717, 1.165) is 40.2 Å². The van der Waals surface area contributed by atoms with Gasteiger partial charge in [-0.3, -0.25) is 9.59 Å². The number of hydrogen-bond acceptors (Lipinski definition) is 7. The fraction of sp³-hybridized carbons (Fsp3) is 0.643. The molecule has 0 spiro atoms. The van der Waals surface area contributed by atoms with Gasteiger partial charge >= 0.3 is 6.09 Å². The van der Waals surface area contributed by atoms with Crippen molar-refractivity contribution >= 4 is 56.2 Å². The van der Waals surface area contributed by atoms with E-state index in [1.807, 2.05) is 10.7 Å². The first-order valence-electron chi connectivity index (χ1n) is 13.9. The van der Waals surface area contributed by atoms with Crippen LogP contribution < -0.4 is 5.32 Å². The number of ether oxygens (including phenoxy) is 2. The van der Waals surface area contributed by atoms with Crippen LogP contribution in [0.15, 0.2) is 16.7 Å². The van der Waals surface area contributed by atoms with Crippen molar-refractivity contribution in [2.45, 2.75) is 83.6 Å². The summed E-state index contributed by atoms with van der Waals surface area (Å²) in [7, 11) is 0. The van der Waals surface area contributed by atoms with E-state index >= 15 is 0 Å². The number of nitrogens with zero attached hydrogens (tertiary/aromatic N) is 3. The molecular formula is C28H38BrClN4O6. The summed E-state index contributed by atoms with van der Waals surface area (Å²) < 4.78 is 13.9. The van der Waals surface area contributed by atoms with Gasteiger partial charge in [-0.2, -0.15) is 5.10 Å². The zero-order valence-electron chi connectivity index (χ0n) is 23.3. The number of aliphatic hydroxyl groups excluding tert-OH is 1. The second-order valence-electron chi connectivity index (χ2n) is 11.5. The van der Waals surface area contributed by atoms with Crippen molar-refractivity contribution in [3.8, 4) is 0 Å². The molecule has 2 amide bonds. The number of aliphatic hydroxyl groups is 1. The number of Topliss-reactive ketones (excluding diaryl/α,β-unsaturated/α-hetero) is 1. The Balaban J connectivity index is 1.29. The van der Waals surface area contributed by atoms with Crippen LogP contribution in [0.1, 0.15) is 71.1 Å². The third-order valence-corrected chi connectivity index (χ3v) is 8.50. The lowest BCUT2D eigenvalue weighted by molar-refractivity contribution is -0.134. The highest BCUT2D eigenvalue weighted by Gasteiger charge is 2.34. The van der Waals surface area contributed by atoms with Crippen molar-refractivity contribution in [1.29, 1.82) is 0 Å². The lowest BCUT2D eigenvalue weighted by Gasteiger charge is -2.35. The molecule has 4 rings (SSSR count). The van der Waals surface area contributed by atoms with Crippen molar-refractivity contribution in [1.82, 2.24) is 20.0 Å². The molecule has 0 aliphatic carbocycles. The molecule has 2 aliphatic rings. The average Bonchev–Trinajstić information content (AvgIpc) is 3.34. The van der Waals surface area contributed by atoms with Crippen LogP contribution in [0.5, 0.6) is 0 Å². The van der Waals surface area contributed by atoms with Gasteiger partial charge in [0.05, 0.1) is 18.3 Å². The smallest absolute Gasteiger partial charge is 0.410 e. The van der Waals surface area contributed by atoms with E-state index in [-0.39, 0.29) is 31.5 Å². The minimum absolute atomic E-state index is 0.116. The first kappa shape index (κ1) is 30.7. The number of carbonyl (C=O) groups is 3. The molecule has 2 fully saturated rings. The third-order valence-electron chi connectivity index (χ3n) is 7.25. The largest absolute Gasteiger partial charge is 0.444 e. The molecule has 3 atom stereocenters. The summed E-state index contributed by atoms with van der Waals surface area (Å²) in [5, 5.41) is 19.1. The van der Waals surface area contributed by atoms with Crippen LogP contribution in [0.25, 0.3) is 10.9 Å². The fourth-order valence-corrected chi connectivity index (χ4v) is 6.28. The number of piperidine rings is 1. The van der Waals surface area contributed by atoms with Gasteiger partial charge in [0.1, 0.15) is 11.7 Å². The number of carbonyl (C=O) groups excluding carboxylic acids is 3. The maximum absolute atomic E-state index is 12.6. The number of fused-ring (bicyclic) bond motifs is 1. The molecular weight excluding hydrogens is 604 g/mol. The molecule has 10 nitrogen and oxygen atoms in total. The highest BCUT2D eigenvalue weighted by atomic mass is 79.9. The zero-order chi connectivity index (χ0) is 29.0. The molecule has 0 bridgehead atoms. The minimum Gasteiger partial charge on any atom is -0.444 e. The van der Waals surface area contributed by atoms with Gasteiger partial charge in [0.25, 0.3) is 0 Å². The summed E-state index contributed by atoms with van der Waals surface area (Å²) in [4.78, 5) is 39.2. The second-order valence-corrected chi connectivity index (χ2v) is 12.7. The highest BCUT2D eigenvalue weighted by Crippen LogP contribution is 2.36. The summed E-state index contributed by atoms with van der Waals surface area (Å²) >= 11 is 10.3. The number of hydrogen-bond donors (Lipinski definition) is 2. The number of ketones is 1. The van der Waals surface area contributed by atoms with Gasteiger partial charge in [0.15, 0.2) is 12.0 Å². The lowest BCUT2D eigenvalue weighted by Crippen LogP contribution is -2.49. The third kappa shape index (κ3) is 7.54. The van der Waals surface area contributed by atoms with Gasteiger partial charge in [-0.25, -0.2) is 9.48 Å². The monoisotopic (exact) mass is 640 g/mol. The molecule has 0 radical (unpaired) electrons. The van der Waals surface area contributed by atoms with Crippen molar-refractivity contribution in [2.24, 2.45) is 5.92 Å². The molecule has 2 N–H and O–H groups in total. The van der Waals surface area contributed by atoms with E-state index in [0.29, 0.717) is 37.4 Å². The first-order chi connectivity index (χ1) is 18.9. The Morgan fingerprint density at radius 2 is 2.05 bits per heavy atom. The Hall–Kier alpha value is -2.21. The Morgan fingerprint density at radius 3 is 2.75 bits per heavy atom. The van der Waals surface area contributed by atoms with Crippen LogP contribution in [0.2, 0.25) is 5.02 Å². The maximum Gasteiger partial charge on any atom is 0.410 e. The summed E-state index contributed by atoms with van der Waals surface area (Å²) in [6.45, 7) is 6.60. The second kappa shape index (κ2) is 13.2. The molecule has 2 unspecified atom stereocenters. The Bertz CT molecular complexity index is 1240. The van der Waals surface area contributed by atoms with E-state index in [1.54, 1.807) is 27.0 Å². The Morgan fingerprint density at radius 1 is 1.27 bits per heavy atom. The van der Waals surface area contributed by atoms with E-state index in [1.165, 1.54) is 4.90 Å². The number of nitrogens with one attached hydrogen (secondary N) is 1. The standard InChI is InChI=1S/C28H38BrClN4O6/c1-28(2,3)40-27(38)33-11-6-7-17(16-33)25(36)26(37)31-14-18(35)9-10-19-21(30)13-22-20(24(19)29)15-32-34(22)23-8-4-5-12-39-23/h13,15,17,23,25,36H,4-12,14,16H2,1-3H3,(H,31,37)/t17-,23?,25?/m1/s1. The first-order valence-corrected chi connectivity index (χ1v) is 15.0. The Kier molecular flexibility index (Phi) is 10.1. The summed E-state index contributed by atoms with van der Waals surface area (Å²) in [6.07, 6.45) is 4.69. The van der Waals surface area contributed by atoms with Crippen LogP contribution in [-0.2, 0) is 25.5 Å². The van der Waals surface area contributed by atoms with Gasteiger partial charge in [-0.05, 0) is 86.9 Å². The normalized spacial score (nSPS) is 20.8. The van der Waals surface area contributed by atoms with E-state index in [2.05, 4.69) is 26.3 Å². The molecule has 220 valence electrons. The molecule has 2 saturated heterocycles. The van der Waals surface area contributed by atoms with Crippen LogP contribution in [0, 0.1) is 5.92 Å².